The van der Waals surface area contributed by atoms with Crippen molar-refractivity contribution in [2.45, 2.75) is 39.2 Å². The molecule has 0 aliphatic heterocycles. The van der Waals surface area contributed by atoms with Crippen LogP contribution in [0.3, 0.4) is 0 Å². The molecule has 1 aromatic heterocycles. The van der Waals surface area contributed by atoms with Crippen molar-refractivity contribution < 1.29 is 14.0 Å². The largest absolute Gasteiger partial charge is 0.467 e. The van der Waals surface area contributed by atoms with Crippen LogP contribution in [-0.4, -0.2) is 11.8 Å². The van der Waals surface area contributed by atoms with Gasteiger partial charge in [-0.2, -0.15) is 0 Å². The van der Waals surface area contributed by atoms with Gasteiger partial charge in [-0.25, -0.2) is 0 Å². The third-order valence-corrected chi connectivity index (χ3v) is 3.44. The zero-order valence-corrected chi connectivity index (χ0v) is 13.3. The Morgan fingerprint density at radius 1 is 1.09 bits per heavy atom. The first-order chi connectivity index (χ1) is 11.2. The molecule has 1 heterocycles. The van der Waals surface area contributed by atoms with Gasteiger partial charge in [0.2, 0.25) is 5.91 Å². The molecule has 0 radical (unpaired) electrons. The molecule has 0 aliphatic rings. The quantitative estimate of drug-likeness (QED) is 0.729. The van der Waals surface area contributed by atoms with E-state index in [4.69, 9.17) is 4.42 Å². The normalized spacial score (nSPS) is 10.3. The van der Waals surface area contributed by atoms with Crippen molar-refractivity contribution in [3.63, 3.8) is 0 Å². The minimum atomic E-state index is -0.178. The average molecular weight is 314 g/mol. The van der Waals surface area contributed by atoms with E-state index in [1.54, 1.807) is 42.7 Å². The summed E-state index contributed by atoms with van der Waals surface area (Å²) < 4.78 is 5.16. The maximum Gasteiger partial charge on any atom is 0.251 e. The van der Waals surface area contributed by atoms with Gasteiger partial charge in [-0.05, 0) is 42.8 Å². The monoisotopic (exact) mass is 314 g/mol. The number of carbonyl (C=O) groups is 2. The summed E-state index contributed by atoms with van der Waals surface area (Å²) in [5.74, 6) is 0.532. The molecule has 5 heteroatoms. The molecule has 0 saturated carbocycles. The summed E-state index contributed by atoms with van der Waals surface area (Å²) in [5, 5.41) is 5.61. The van der Waals surface area contributed by atoms with Crippen LogP contribution in [0.2, 0.25) is 0 Å². The summed E-state index contributed by atoms with van der Waals surface area (Å²) >= 11 is 0. The summed E-state index contributed by atoms with van der Waals surface area (Å²) in [6, 6.07) is 10.4. The van der Waals surface area contributed by atoms with Gasteiger partial charge in [0, 0.05) is 17.7 Å². The lowest BCUT2D eigenvalue weighted by atomic mass is 10.1. The maximum atomic E-state index is 12.0. The van der Waals surface area contributed by atoms with Crippen molar-refractivity contribution >= 4 is 17.5 Å². The molecule has 0 spiro atoms. The first-order valence-corrected chi connectivity index (χ1v) is 7.89. The van der Waals surface area contributed by atoms with Crippen molar-refractivity contribution in [1.29, 1.82) is 0 Å². The minimum absolute atomic E-state index is 0.00784. The highest BCUT2D eigenvalue weighted by molar-refractivity contribution is 5.95. The highest BCUT2D eigenvalue weighted by atomic mass is 16.3. The number of hydrogen-bond acceptors (Lipinski definition) is 3. The van der Waals surface area contributed by atoms with Crippen LogP contribution in [0.15, 0.2) is 47.1 Å². The second kappa shape index (κ2) is 8.78. The molecular formula is C18H22N2O3. The van der Waals surface area contributed by atoms with Crippen LogP contribution < -0.4 is 10.6 Å². The Balaban J connectivity index is 1.81. The molecule has 0 bridgehead atoms. The van der Waals surface area contributed by atoms with E-state index in [1.165, 1.54) is 0 Å². The number of hydrogen-bond donors (Lipinski definition) is 2. The van der Waals surface area contributed by atoms with Gasteiger partial charge < -0.3 is 15.1 Å². The van der Waals surface area contributed by atoms with Crippen LogP contribution >= 0.6 is 0 Å². The number of furan rings is 1. The third-order valence-electron chi connectivity index (χ3n) is 3.44. The van der Waals surface area contributed by atoms with Crippen molar-refractivity contribution in [2.75, 3.05) is 5.32 Å². The lowest BCUT2D eigenvalue weighted by Crippen LogP contribution is -2.22. The van der Waals surface area contributed by atoms with E-state index in [-0.39, 0.29) is 11.8 Å². The predicted molar refractivity (Wildman–Crippen MR) is 89.1 cm³/mol. The van der Waals surface area contributed by atoms with Gasteiger partial charge in [0.15, 0.2) is 0 Å². The Hall–Kier alpha value is -2.56. The molecule has 1 aromatic carbocycles. The molecule has 0 fully saturated rings. The zero-order valence-electron chi connectivity index (χ0n) is 13.3. The van der Waals surface area contributed by atoms with Crippen molar-refractivity contribution in [3.05, 3.63) is 54.0 Å². The molecule has 0 atom stereocenters. The SMILES string of the molecule is CCCCCC(=O)Nc1ccc(C(=O)NCc2ccco2)cc1. The summed E-state index contributed by atoms with van der Waals surface area (Å²) in [4.78, 5) is 23.7. The van der Waals surface area contributed by atoms with Gasteiger partial charge in [0.25, 0.3) is 5.91 Å². The fourth-order valence-electron chi connectivity index (χ4n) is 2.15. The highest BCUT2D eigenvalue weighted by Crippen LogP contribution is 2.11. The fourth-order valence-corrected chi connectivity index (χ4v) is 2.15. The topological polar surface area (TPSA) is 71.3 Å². The van der Waals surface area contributed by atoms with E-state index >= 15 is 0 Å². The standard InChI is InChI=1S/C18H22N2O3/c1-2-3-4-7-17(21)20-15-10-8-14(9-11-15)18(22)19-13-16-6-5-12-23-16/h5-6,8-12H,2-4,7,13H2,1H3,(H,19,22)(H,20,21). The van der Waals surface area contributed by atoms with Gasteiger partial charge >= 0.3 is 0 Å². The van der Waals surface area contributed by atoms with E-state index in [2.05, 4.69) is 17.6 Å². The summed E-state index contributed by atoms with van der Waals surface area (Å²) in [6.07, 6.45) is 5.14. The number of benzene rings is 1. The lowest BCUT2D eigenvalue weighted by molar-refractivity contribution is -0.116. The van der Waals surface area contributed by atoms with Gasteiger partial charge in [0.1, 0.15) is 5.76 Å². The van der Waals surface area contributed by atoms with Crippen LogP contribution in [0.25, 0.3) is 0 Å². The Morgan fingerprint density at radius 2 is 1.87 bits per heavy atom. The summed E-state index contributed by atoms with van der Waals surface area (Å²) in [5.41, 5.74) is 1.25. The summed E-state index contributed by atoms with van der Waals surface area (Å²) in [7, 11) is 0. The number of rotatable bonds is 8. The van der Waals surface area contributed by atoms with E-state index in [0.717, 1.165) is 19.3 Å². The Morgan fingerprint density at radius 3 is 2.52 bits per heavy atom. The first kappa shape index (κ1) is 16.8. The number of anilines is 1. The van der Waals surface area contributed by atoms with Gasteiger partial charge in [-0.1, -0.05) is 19.8 Å². The first-order valence-electron chi connectivity index (χ1n) is 7.89. The lowest BCUT2D eigenvalue weighted by Gasteiger charge is -2.07. The molecule has 23 heavy (non-hydrogen) atoms. The van der Waals surface area contributed by atoms with Crippen LogP contribution in [0.1, 0.15) is 48.7 Å². The molecule has 2 amide bonds. The molecule has 0 unspecified atom stereocenters. The predicted octanol–water partition coefficient (Wildman–Crippen LogP) is 3.73. The van der Waals surface area contributed by atoms with Gasteiger partial charge in [0.05, 0.1) is 12.8 Å². The Labute approximate surface area is 136 Å². The van der Waals surface area contributed by atoms with Crippen molar-refractivity contribution in [2.24, 2.45) is 0 Å². The van der Waals surface area contributed by atoms with Crippen molar-refractivity contribution in [3.8, 4) is 0 Å². The van der Waals surface area contributed by atoms with Crippen molar-refractivity contribution in [1.82, 2.24) is 5.32 Å². The number of carbonyl (C=O) groups excluding carboxylic acids is 2. The van der Waals surface area contributed by atoms with E-state index in [0.29, 0.717) is 30.0 Å². The van der Waals surface area contributed by atoms with Crippen LogP contribution in [0.5, 0.6) is 0 Å². The minimum Gasteiger partial charge on any atom is -0.467 e. The highest BCUT2D eigenvalue weighted by Gasteiger charge is 2.07. The van der Waals surface area contributed by atoms with E-state index < -0.39 is 0 Å². The number of amides is 2. The average Bonchev–Trinajstić information content (AvgIpc) is 3.07. The second-order valence-electron chi connectivity index (χ2n) is 5.34. The third kappa shape index (κ3) is 5.62. The Kier molecular flexibility index (Phi) is 6.41. The van der Waals surface area contributed by atoms with Crippen LogP contribution in [0.4, 0.5) is 5.69 Å². The molecule has 2 N–H and O–H groups in total. The molecule has 0 aliphatic carbocycles. The van der Waals surface area contributed by atoms with E-state index in [1.807, 2.05) is 0 Å². The fraction of sp³-hybridized carbons (Fsp3) is 0.333. The molecule has 122 valence electrons. The molecular weight excluding hydrogens is 292 g/mol. The molecule has 0 saturated heterocycles. The second-order valence-corrected chi connectivity index (χ2v) is 5.34. The van der Waals surface area contributed by atoms with Crippen LogP contribution in [0, 0.1) is 0 Å². The van der Waals surface area contributed by atoms with Gasteiger partial charge in [-0.15, -0.1) is 0 Å². The van der Waals surface area contributed by atoms with E-state index in [9.17, 15) is 9.59 Å². The van der Waals surface area contributed by atoms with Crippen LogP contribution in [-0.2, 0) is 11.3 Å². The maximum absolute atomic E-state index is 12.0. The number of nitrogens with one attached hydrogen (secondary N) is 2. The smallest absolute Gasteiger partial charge is 0.251 e. The zero-order chi connectivity index (χ0) is 16.5. The summed E-state index contributed by atoms with van der Waals surface area (Å²) in [6.45, 7) is 2.45. The Bertz CT molecular complexity index is 618. The molecule has 5 nitrogen and oxygen atoms in total. The van der Waals surface area contributed by atoms with Gasteiger partial charge in [-0.3, -0.25) is 9.59 Å². The molecule has 2 aromatic rings. The number of unbranched alkanes of at least 4 members (excludes halogenated alkanes) is 2. The molecule has 2 rings (SSSR count).